The molecule has 0 bridgehead atoms. The summed E-state index contributed by atoms with van der Waals surface area (Å²) in [4.78, 5) is 31.2. The van der Waals surface area contributed by atoms with Gasteiger partial charge in [0.2, 0.25) is 5.95 Å². The molecule has 1 unspecified atom stereocenters. The van der Waals surface area contributed by atoms with Crippen molar-refractivity contribution >= 4 is 17.1 Å². The number of nitrogens with one attached hydrogen (secondary N) is 2. The third-order valence-electron chi connectivity index (χ3n) is 3.57. The van der Waals surface area contributed by atoms with Crippen molar-refractivity contribution in [2.24, 2.45) is 20.0 Å². The zero-order chi connectivity index (χ0) is 15.7. The van der Waals surface area contributed by atoms with Gasteiger partial charge in [-0.25, -0.2) is 4.79 Å². The van der Waals surface area contributed by atoms with Gasteiger partial charge >= 0.3 is 5.69 Å². The lowest BCUT2D eigenvalue weighted by Crippen LogP contribution is -2.36. The standard InChI is InChI=1S/C13H21N5O3/c1-7(2)8(6-21-5)14-12-15-9-10(16-12)17(3)13(20)18(4)11(9)19/h7-8H,6H2,1-5H3,(H2,14,15,16). The third kappa shape index (κ3) is 2.71. The highest BCUT2D eigenvalue weighted by atomic mass is 16.5. The smallest absolute Gasteiger partial charge is 0.332 e. The van der Waals surface area contributed by atoms with Gasteiger partial charge in [0.15, 0.2) is 11.2 Å². The van der Waals surface area contributed by atoms with Crippen LogP contribution in [0.2, 0.25) is 0 Å². The molecule has 0 aliphatic rings. The molecule has 2 heterocycles. The van der Waals surface area contributed by atoms with E-state index in [0.29, 0.717) is 29.6 Å². The van der Waals surface area contributed by atoms with E-state index in [1.807, 2.05) is 0 Å². The number of imidazole rings is 1. The van der Waals surface area contributed by atoms with Gasteiger partial charge in [0, 0.05) is 21.2 Å². The summed E-state index contributed by atoms with van der Waals surface area (Å²) in [6, 6.07) is 0.0523. The first-order chi connectivity index (χ1) is 9.86. The van der Waals surface area contributed by atoms with Crippen molar-refractivity contribution in [2.75, 3.05) is 19.0 Å². The average molecular weight is 295 g/mol. The Kier molecular flexibility index (Phi) is 4.17. The van der Waals surface area contributed by atoms with E-state index in [1.54, 1.807) is 14.2 Å². The lowest BCUT2D eigenvalue weighted by Gasteiger charge is -2.20. The van der Waals surface area contributed by atoms with Crippen LogP contribution in [0.3, 0.4) is 0 Å². The fourth-order valence-electron chi connectivity index (χ4n) is 2.15. The van der Waals surface area contributed by atoms with Crippen molar-refractivity contribution in [1.29, 1.82) is 0 Å². The van der Waals surface area contributed by atoms with Gasteiger partial charge in [-0.2, -0.15) is 4.98 Å². The van der Waals surface area contributed by atoms with E-state index in [0.717, 1.165) is 4.57 Å². The average Bonchev–Trinajstić information content (AvgIpc) is 2.86. The van der Waals surface area contributed by atoms with Crippen LogP contribution >= 0.6 is 0 Å². The molecule has 0 radical (unpaired) electrons. The zero-order valence-electron chi connectivity index (χ0n) is 12.9. The van der Waals surface area contributed by atoms with Crippen molar-refractivity contribution < 1.29 is 4.74 Å². The fourth-order valence-corrected chi connectivity index (χ4v) is 2.15. The highest BCUT2D eigenvalue weighted by Crippen LogP contribution is 2.13. The first-order valence-corrected chi connectivity index (χ1v) is 6.78. The Bertz CT molecular complexity index is 755. The molecule has 0 aliphatic carbocycles. The minimum Gasteiger partial charge on any atom is -0.383 e. The molecule has 0 saturated carbocycles. The number of nitrogens with zero attached hydrogens (tertiary/aromatic N) is 3. The summed E-state index contributed by atoms with van der Waals surface area (Å²) in [7, 11) is 4.67. The summed E-state index contributed by atoms with van der Waals surface area (Å²) in [5.41, 5.74) is -0.142. The van der Waals surface area contributed by atoms with Crippen LogP contribution in [0, 0.1) is 5.92 Å². The maximum absolute atomic E-state index is 12.1. The van der Waals surface area contributed by atoms with Crippen LogP contribution in [-0.2, 0) is 18.8 Å². The van der Waals surface area contributed by atoms with Crippen molar-refractivity contribution in [2.45, 2.75) is 19.9 Å². The molecule has 0 saturated heterocycles. The third-order valence-corrected chi connectivity index (χ3v) is 3.57. The lowest BCUT2D eigenvalue weighted by atomic mass is 10.1. The van der Waals surface area contributed by atoms with Crippen molar-refractivity contribution in [1.82, 2.24) is 19.1 Å². The molecule has 0 aromatic carbocycles. The molecule has 116 valence electrons. The van der Waals surface area contributed by atoms with E-state index < -0.39 is 5.69 Å². The van der Waals surface area contributed by atoms with Gasteiger partial charge in [-0.1, -0.05) is 13.8 Å². The molecule has 8 nitrogen and oxygen atoms in total. The Labute approximate surface area is 121 Å². The first-order valence-electron chi connectivity index (χ1n) is 6.78. The molecule has 2 rings (SSSR count). The Morgan fingerprint density at radius 1 is 1.29 bits per heavy atom. The molecule has 2 N–H and O–H groups in total. The Morgan fingerprint density at radius 2 is 1.95 bits per heavy atom. The fraction of sp³-hybridized carbons (Fsp3) is 0.615. The van der Waals surface area contributed by atoms with E-state index in [-0.39, 0.29) is 11.6 Å². The molecule has 0 aliphatic heterocycles. The van der Waals surface area contributed by atoms with Crippen molar-refractivity contribution in [3.8, 4) is 0 Å². The summed E-state index contributed by atoms with van der Waals surface area (Å²) in [5, 5.41) is 3.21. The molecular weight excluding hydrogens is 274 g/mol. The molecule has 0 spiro atoms. The maximum atomic E-state index is 12.1. The van der Waals surface area contributed by atoms with Crippen LogP contribution in [0.5, 0.6) is 0 Å². The van der Waals surface area contributed by atoms with Crippen LogP contribution in [0.15, 0.2) is 9.59 Å². The number of hydrogen-bond donors (Lipinski definition) is 2. The van der Waals surface area contributed by atoms with Crippen molar-refractivity contribution in [3.63, 3.8) is 0 Å². The molecule has 0 fully saturated rings. The highest BCUT2D eigenvalue weighted by Gasteiger charge is 2.17. The van der Waals surface area contributed by atoms with Crippen LogP contribution < -0.4 is 16.6 Å². The topological polar surface area (TPSA) is 93.9 Å². The highest BCUT2D eigenvalue weighted by molar-refractivity contribution is 5.72. The molecule has 21 heavy (non-hydrogen) atoms. The maximum Gasteiger partial charge on any atom is 0.332 e. The molecular formula is C13H21N5O3. The van der Waals surface area contributed by atoms with Gasteiger partial charge in [-0.3, -0.25) is 13.9 Å². The number of rotatable bonds is 5. The molecule has 8 heteroatoms. The Balaban J connectivity index is 2.49. The Morgan fingerprint density at radius 3 is 2.52 bits per heavy atom. The van der Waals surface area contributed by atoms with Gasteiger partial charge in [-0.15, -0.1) is 0 Å². The second kappa shape index (κ2) is 5.72. The van der Waals surface area contributed by atoms with E-state index in [1.165, 1.54) is 11.6 Å². The summed E-state index contributed by atoms with van der Waals surface area (Å²) >= 11 is 0. The first kappa shape index (κ1) is 15.3. The number of ether oxygens (including phenoxy) is 1. The van der Waals surface area contributed by atoms with Gasteiger partial charge in [0.25, 0.3) is 5.56 Å². The van der Waals surface area contributed by atoms with Crippen LogP contribution in [0.1, 0.15) is 13.8 Å². The normalized spacial score (nSPS) is 13.0. The number of fused-ring (bicyclic) bond motifs is 1. The van der Waals surface area contributed by atoms with E-state index in [4.69, 9.17) is 4.74 Å². The lowest BCUT2D eigenvalue weighted by molar-refractivity contribution is 0.171. The van der Waals surface area contributed by atoms with Gasteiger partial charge in [0.05, 0.1) is 12.6 Å². The van der Waals surface area contributed by atoms with Gasteiger partial charge in [0.1, 0.15) is 0 Å². The second-order valence-corrected chi connectivity index (χ2v) is 5.44. The van der Waals surface area contributed by atoms with Gasteiger partial charge < -0.3 is 15.0 Å². The number of anilines is 1. The van der Waals surface area contributed by atoms with Gasteiger partial charge in [-0.05, 0) is 5.92 Å². The van der Waals surface area contributed by atoms with Crippen LogP contribution in [0.25, 0.3) is 11.2 Å². The Hall–Kier alpha value is -2.09. The molecule has 0 amide bonds. The summed E-state index contributed by atoms with van der Waals surface area (Å²) in [6.45, 7) is 4.65. The number of H-pyrrole nitrogens is 1. The minimum absolute atomic E-state index is 0.0523. The summed E-state index contributed by atoms with van der Waals surface area (Å²) in [5.74, 6) is 0.781. The minimum atomic E-state index is -0.400. The predicted molar refractivity (Wildman–Crippen MR) is 80.7 cm³/mol. The van der Waals surface area contributed by atoms with E-state index in [9.17, 15) is 9.59 Å². The number of aromatic amines is 1. The number of aromatic nitrogens is 4. The zero-order valence-corrected chi connectivity index (χ0v) is 12.9. The molecule has 2 aromatic heterocycles. The molecule has 1 atom stereocenters. The number of methoxy groups -OCH3 is 1. The second-order valence-electron chi connectivity index (χ2n) is 5.44. The summed E-state index contributed by atoms with van der Waals surface area (Å²) < 4.78 is 7.57. The largest absolute Gasteiger partial charge is 0.383 e. The molecule has 2 aromatic rings. The SMILES string of the molecule is COCC(Nc1nc2c([nH]1)c(=O)n(C)c(=O)n2C)C(C)C. The summed E-state index contributed by atoms with van der Waals surface area (Å²) in [6.07, 6.45) is 0. The predicted octanol–water partition coefficient (Wildman–Crippen LogP) is 0.0432. The van der Waals surface area contributed by atoms with Crippen LogP contribution in [-0.4, -0.2) is 38.9 Å². The monoisotopic (exact) mass is 295 g/mol. The quantitative estimate of drug-likeness (QED) is 0.812. The van der Waals surface area contributed by atoms with Crippen molar-refractivity contribution in [3.05, 3.63) is 20.8 Å². The number of aryl methyl sites for hydroxylation is 1. The van der Waals surface area contributed by atoms with E-state index in [2.05, 4.69) is 29.1 Å². The number of hydrogen-bond acceptors (Lipinski definition) is 5. The van der Waals surface area contributed by atoms with E-state index >= 15 is 0 Å². The van der Waals surface area contributed by atoms with Crippen LogP contribution in [0.4, 0.5) is 5.95 Å².